The summed E-state index contributed by atoms with van der Waals surface area (Å²) in [5, 5.41) is 8.70. The molecule has 2 unspecified atom stereocenters. The fourth-order valence-electron chi connectivity index (χ4n) is 0.544. The molecule has 0 saturated heterocycles. The molecule has 0 aliphatic rings. The van der Waals surface area contributed by atoms with Gasteiger partial charge >= 0.3 is 14.2 Å². The van der Waals surface area contributed by atoms with E-state index >= 15 is 0 Å². The summed E-state index contributed by atoms with van der Waals surface area (Å²) in [5.74, 6) is -0.497. The average Bonchev–Trinajstić information content (AvgIpc) is 2.10. The van der Waals surface area contributed by atoms with E-state index in [1.54, 1.807) is 0 Å². The summed E-state index contributed by atoms with van der Waals surface area (Å²) in [4.78, 5) is 18.6. The van der Waals surface area contributed by atoms with Crippen molar-refractivity contribution in [3.05, 3.63) is 0 Å². The molecule has 0 rings (SSSR count). The van der Waals surface area contributed by atoms with Gasteiger partial charge in [-0.05, 0) is 0 Å². The van der Waals surface area contributed by atoms with Crippen molar-refractivity contribution in [1.82, 2.24) is 0 Å². The molecule has 0 radical (unpaired) electrons. The minimum absolute atomic E-state index is 0.123. The smallest absolute Gasteiger partial charge is 0.318 e. The predicted molar refractivity (Wildman–Crippen MR) is 45.8 cm³/mol. The van der Waals surface area contributed by atoms with Crippen LogP contribution in [-0.2, 0) is 23.4 Å². The lowest BCUT2D eigenvalue weighted by molar-refractivity contribution is -0.149. The van der Waals surface area contributed by atoms with E-state index in [1.165, 1.54) is 6.92 Å². The van der Waals surface area contributed by atoms with E-state index in [0.717, 1.165) is 0 Å². The zero-order chi connectivity index (χ0) is 11.0. The summed E-state index contributed by atoms with van der Waals surface area (Å²) in [5.41, 5.74) is 0. The standard InChI is InChI=1S/C6H13O7P/c1-5(8)11-3-6(2-7)12-4-13-14(9)10/h6-7,14H,2-4H2,1H3,(H,9,10). The van der Waals surface area contributed by atoms with Gasteiger partial charge in [0.1, 0.15) is 12.7 Å². The average molecular weight is 228 g/mol. The van der Waals surface area contributed by atoms with Crippen LogP contribution in [0.3, 0.4) is 0 Å². The molecule has 0 saturated carbocycles. The first-order chi connectivity index (χ1) is 6.56. The fraction of sp³-hybridized carbons (Fsp3) is 0.833. The molecule has 7 nitrogen and oxygen atoms in total. The Morgan fingerprint density at radius 3 is 2.64 bits per heavy atom. The SMILES string of the molecule is CC(=O)OCC(CO)OCO[PH](=O)O. The third kappa shape index (κ3) is 8.15. The van der Waals surface area contributed by atoms with Gasteiger partial charge in [0.15, 0.2) is 6.79 Å². The number of carbonyl (C=O) groups is 1. The largest absolute Gasteiger partial charge is 0.463 e. The number of aliphatic hydroxyl groups is 1. The van der Waals surface area contributed by atoms with Crippen molar-refractivity contribution in [2.45, 2.75) is 13.0 Å². The topological polar surface area (TPSA) is 102 Å². The molecule has 2 N–H and O–H groups in total. The van der Waals surface area contributed by atoms with E-state index in [0.29, 0.717) is 0 Å². The Hall–Kier alpha value is -0.460. The van der Waals surface area contributed by atoms with Crippen LogP contribution in [0.2, 0.25) is 0 Å². The van der Waals surface area contributed by atoms with Gasteiger partial charge in [0.05, 0.1) is 6.61 Å². The van der Waals surface area contributed by atoms with E-state index in [4.69, 9.17) is 14.7 Å². The van der Waals surface area contributed by atoms with Gasteiger partial charge in [-0.1, -0.05) is 0 Å². The minimum atomic E-state index is -3.03. The van der Waals surface area contributed by atoms with Gasteiger partial charge in [0, 0.05) is 6.92 Å². The molecule has 0 bridgehead atoms. The van der Waals surface area contributed by atoms with Crippen LogP contribution in [0.1, 0.15) is 6.92 Å². The number of hydrogen-bond acceptors (Lipinski definition) is 6. The first-order valence-electron chi connectivity index (χ1n) is 3.77. The monoisotopic (exact) mass is 228 g/mol. The van der Waals surface area contributed by atoms with Gasteiger partial charge < -0.3 is 19.5 Å². The number of ether oxygens (including phenoxy) is 2. The van der Waals surface area contributed by atoms with E-state index in [-0.39, 0.29) is 13.2 Å². The number of hydrogen-bond donors (Lipinski definition) is 2. The lowest BCUT2D eigenvalue weighted by Gasteiger charge is -2.14. The molecule has 0 amide bonds. The van der Waals surface area contributed by atoms with E-state index in [9.17, 15) is 9.36 Å². The van der Waals surface area contributed by atoms with Gasteiger partial charge in [-0.3, -0.25) is 13.9 Å². The van der Waals surface area contributed by atoms with Crippen LogP contribution >= 0.6 is 8.25 Å². The lowest BCUT2D eigenvalue weighted by Crippen LogP contribution is -2.25. The second-order valence-corrected chi connectivity index (χ2v) is 3.12. The first kappa shape index (κ1) is 13.5. The maximum Gasteiger partial charge on any atom is 0.318 e. The minimum Gasteiger partial charge on any atom is -0.463 e. The number of carbonyl (C=O) groups excluding carboxylic acids is 1. The molecule has 84 valence electrons. The van der Waals surface area contributed by atoms with Crippen LogP contribution in [0.5, 0.6) is 0 Å². The van der Waals surface area contributed by atoms with Gasteiger partial charge in [-0.2, -0.15) is 0 Å². The van der Waals surface area contributed by atoms with Crippen molar-refractivity contribution in [2.24, 2.45) is 0 Å². The van der Waals surface area contributed by atoms with E-state index < -0.39 is 27.1 Å². The van der Waals surface area contributed by atoms with E-state index in [2.05, 4.69) is 9.26 Å². The summed E-state index contributed by atoms with van der Waals surface area (Å²) in [6.45, 7) is 0.294. The zero-order valence-corrected chi connectivity index (χ0v) is 8.63. The maximum absolute atomic E-state index is 10.4. The molecule has 14 heavy (non-hydrogen) atoms. The van der Waals surface area contributed by atoms with Crippen LogP contribution < -0.4 is 0 Å². The molecule has 0 heterocycles. The first-order valence-corrected chi connectivity index (χ1v) is 5.04. The third-order valence-corrected chi connectivity index (χ3v) is 1.53. The molecule has 0 fully saturated rings. The highest BCUT2D eigenvalue weighted by Gasteiger charge is 2.09. The summed E-state index contributed by atoms with van der Waals surface area (Å²) in [6, 6.07) is 0. The Morgan fingerprint density at radius 2 is 2.21 bits per heavy atom. The van der Waals surface area contributed by atoms with Gasteiger partial charge in [-0.15, -0.1) is 0 Å². The van der Waals surface area contributed by atoms with Crippen molar-refractivity contribution < 1.29 is 33.4 Å². The van der Waals surface area contributed by atoms with Gasteiger partial charge in [-0.25, -0.2) is 0 Å². The molecule has 2 atom stereocenters. The molecule has 0 aliphatic heterocycles. The van der Waals surface area contributed by atoms with Crippen molar-refractivity contribution in [1.29, 1.82) is 0 Å². The summed E-state index contributed by atoms with van der Waals surface area (Å²) in [7, 11) is -3.03. The van der Waals surface area contributed by atoms with Gasteiger partial charge in [0.25, 0.3) is 0 Å². The van der Waals surface area contributed by atoms with Crippen LogP contribution in [0.25, 0.3) is 0 Å². The summed E-state index contributed by atoms with van der Waals surface area (Å²) >= 11 is 0. The Morgan fingerprint density at radius 1 is 1.57 bits per heavy atom. The molecule has 0 aromatic heterocycles. The highest BCUT2D eigenvalue weighted by Crippen LogP contribution is 2.13. The highest BCUT2D eigenvalue weighted by molar-refractivity contribution is 7.32. The Labute approximate surface area is 81.5 Å². The number of esters is 1. The second-order valence-electron chi connectivity index (χ2n) is 2.30. The Bertz CT molecular complexity index is 195. The van der Waals surface area contributed by atoms with Crippen molar-refractivity contribution in [3.8, 4) is 0 Å². The molecule has 0 aromatic carbocycles. The molecular weight excluding hydrogens is 215 g/mol. The highest BCUT2D eigenvalue weighted by atomic mass is 31.1. The van der Waals surface area contributed by atoms with Crippen LogP contribution in [0, 0.1) is 0 Å². The van der Waals surface area contributed by atoms with Crippen LogP contribution in [0.15, 0.2) is 0 Å². The van der Waals surface area contributed by atoms with Crippen LogP contribution in [-0.4, -0.2) is 42.1 Å². The molecule has 0 spiro atoms. The summed E-state index contributed by atoms with van der Waals surface area (Å²) in [6.07, 6.45) is -0.750. The van der Waals surface area contributed by atoms with Crippen molar-refractivity contribution >= 4 is 14.2 Å². The Kier molecular flexibility index (Phi) is 7.64. The lowest BCUT2D eigenvalue weighted by atomic mass is 10.4. The zero-order valence-electron chi connectivity index (χ0n) is 7.63. The fourth-order valence-corrected chi connectivity index (χ4v) is 0.713. The van der Waals surface area contributed by atoms with Crippen LogP contribution in [0.4, 0.5) is 0 Å². The second kappa shape index (κ2) is 7.90. The normalized spacial score (nSPS) is 14.8. The molecule has 0 aliphatic carbocycles. The van der Waals surface area contributed by atoms with Crippen molar-refractivity contribution in [2.75, 3.05) is 20.0 Å². The summed E-state index contributed by atoms with van der Waals surface area (Å²) < 4.78 is 23.6. The Balaban J connectivity index is 3.57. The quantitative estimate of drug-likeness (QED) is 0.337. The predicted octanol–water partition coefficient (Wildman–Crippen LogP) is -0.717. The number of rotatable bonds is 7. The molecule has 0 aromatic rings. The molecule has 8 heteroatoms. The maximum atomic E-state index is 10.4. The van der Waals surface area contributed by atoms with E-state index in [1.807, 2.05) is 0 Å². The van der Waals surface area contributed by atoms with Gasteiger partial charge in [0.2, 0.25) is 0 Å². The third-order valence-electron chi connectivity index (χ3n) is 1.16. The van der Waals surface area contributed by atoms with Crippen molar-refractivity contribution in [3.63, 3.8) is 0 Å². The number of aliphatic hydroxyl groups excluding tert-OH is 1. The molecular formula is C6H13O7P.